The summed E-state index contributed by atoms with van der Waals surface area (Å²) in [6.45, 7) is 13.4. The molecule has 4 saturated heterocycles. The molecular formula is C49H78O19. The van der Waals surface area contributed by atoms with Gasteiger partial charge in [0.1, 0.15) is 47.3 Å². The van der Waals surface area contributed by atoms with Crippen molar-refractivity contribution in [2.24, 2.45) is 16.7 Å². The summed E-state index contributed by atoms with van der Waals surface area (Å²) in [7, 11) is 3.12. The summed E-state index contributed by atoms with van der Waals surface area (Å²) in [6, 6.07) is 0. The fourth-order valence-corrected chi connectivity index (χ4v) is 13.8. The Labute approximate surface area is 399 Å². The first-order valence-corrected chi connectivity index (χ1v) is 24.8. The van der Waals surface area contributed by atoms with Gasteiger partial charge >= 0.3 is 5.97 Å². The van der Waals surface area contributed by atoms with Crippen LogP contribution in [0.5, 0.6) is 0 Å². The standard InChI is InChI=1S/C49H78O19/c1-23-41(54)32(58-9)19-38(60-23)67-43-25(3)62-39(20-33(43)59-10)68-44-26(4)63-40(21-34(44)64-28(6)51)66-42-24(2)61-37(18-31(42)52)65-30-12-13-45(7)29(17-30)11-14-48(56)35(45)22-36(53)46(8)47(55,27(5)50)15-16-49(46,48)57/h11,23-26,30-44,52-57H,12-22H2,1-10H3/t23-,24-,25+,26-,30+,31+,32+,33-,34+,35-,36-,37+,38+,39+,40+,41-,42-,43+,44-,45+,46-,47-,48+,49-/m1/s1. The zero-order chi connectivity index (χ0) is 49.5. The van der Waals surface area contributed by atoms with Crippen LogP contribution in [0, 0.1) is 16.7 Å². The molecule has 4 aliphatic carbocycles. The summed E-state index contributed by atoms with van der Waals surface area (Å²) in [5, 5.41) is 70.1. The molecule has 0 amide bonds. The second kappa shape index (κ2) is 19.6. The Balaban J connectivity index is 0.854. The summed E-state index contributed by atoms with van der Waals surface area (Å²) in [4.78, 5) is 25.2. The molecule has 0 bridgehead atoms. The van der Waals surface area contributed by atoms with Crippen LogP contribution in [0.15, 0.2) is 11.6 Å². The molecule has 4 aliphatic heterocycles. The SMILES string of the molecule is CO[C@H]1C[C@H](O[C@H]2[C@H](C)O[C@@H](O[C@H]3[C@@H](OC(C)=O)C[C@H](O[C@H]4[C@@H](O)C[C@H](O[C@H]5CC[C@@]6(C)C(=CC[C@]7(O)[C@@H]6C[C@@H](O)[C@@]6(C)[C@]7(O)CC[C@@]6(O)C(C)=O)C5)O[C@@H]4C)O[C@@H]3C)C[C@H]2OC)O[C@H](C)[C@H]1O. The van der Waals surface area contributed by atoms with Gasteiger partial charge in [-0.25, -0.2) is 0 Å². The third-order valence-corrected chi connectivity index (χ3v) is 17.9. The van der Waals surface area contributed by atoms with Crippen molar-refractivity contribution in [1.29, 1.82) is 0 Å². The van der Waals surface area contributed by atoms with Crippen molar-refractivity contribution in [3.63, 3.8) is 0 Å². The first kappa shape index (κ1) is 52.6. The van der Waals surface area contributed by atoms with E-state index in [0.717, 1.165) is 5.57 Å². The van der Waals surface area contributed by atoms with Crippen LogP contribution in [0.1, 0.15) is 126 Å². The van der Waals surface area contributed by atoms with E-state index in [9.17, 15) is 40.2 Å². The number of ketones is 1. The van der Waals surface area contributed by atoms with Gasteiger partial charge in [0.15, 0.2) is 30.9 Å². The number of esters is 1. The second-order valence-electron chi connectivity index (χ2n) is 21.6. The molecule has 68 heavy (non-hydrogen) atoms. The fraction of sp³-hybridized carbons (Fsp3) is 0.918. The van der Waals surface area contributed by atoms with Gasteiger partial charge in [0.05, 0.1) is 60.4 Å². The van der Waals surface area contributed by atoms with Crippen molar-refractivity contribution >= 4 is 11.8 Å². The van der Waals surface area contributed by atoms with Crippen LogP contribution in [0.25, 0.3) is 0 Å². The molecule has 388 valence electrons. The highest BCUT2D eigenvalue weighted by molar-refractivity contribution is 5.87. The molecular weight excluding hydrogens is 893 g/mol. The summed E-state index contributed by atoms with van der Waals surface area (Å²) in [5.41, 5.74) is -6.74. The number of ether oxygens (including phenoxy) is 11. The van der Waals surface area contributed by atoms with E-state index in [2.05, 4.69) is 6.92 Å². The van der Waals surface area contributed by atoms with E-state index in [0.29, 0.717) is 25.7 Å². The maximum absolute atomic E-state index is 12.8. The van der Waals surface area contributed by atoms with Crippen LogP contribution in [-0.2, 0) is 61.7 Å². The highest BCUT2D eigenvalue weighted by Crippen LogP contribution is 2.70. The molecule has 6 N–H and O–H groups in total. The zero-order valence-corrected chi connectivity index (χ0v) is 41.3. The first-order chi connectivity index (χ1) is 31.9. The number of carbonyl (C=O) groups excluding carboxylic acids is 2. The number of hydrogen-bond acceptors (Lipinski definition) is 19. The maximum atomic E-state index is 12.8. The fourth-order valence-electron chi connectivity index (χ4n) is 13.8. The van der Waals surface area contributed by atoms with Gasteiger partial charge in [-0.2, -0.15) is 0 Å². The highest BCUT2D eigenvalue weighted by atomic mass is 16.8. The molecule has 0 radical (unpaired) electrons. The number of methoxy groups -OCH3 is 2. The molecule has 0 aromatic heterocycles. The Bertz CT molecular complexity index is 1840. The number of hydrogen-bond donors (Lipinski definition) is 6. The van der Waals surface area contributed by atoms with Crippen LogP contribution < -0.4 is 0 Å². The molecule has 0 aromatic carbocycles. The summed E-state index contributed by atoms with van der Waals surface area (Å²) >= 11 is 0. The van der Waals surface area contributed by atoms with Crippen LogP contribution in [0.3, 0.4) is 0 Å². The number of aliphatic hydroxyl groups is 6. The first-order valence-electron chi connectivity index (χ1n) is 24.8. The van der Waals surface area contributed by atoms with Gasteiger partial charge < -0.3 is 82.7 Å². The average molecular weight is 971 g/mol. The van der Waals surface area contributed by atoms with Crippen LogP contribution in [-0.4, -0.2) is 184 Å². The van der Waals surface area contributed by atoms with Crippen molar-refractivity contribution in [1.82, 2.24) is 0 Å². The monoisotopic (exact) mass is 971 g/mol. The quantitative estimate of drug-likeness (QED) is 0.121. The normalized spacial score (nSPS) is 52.8. The number of rotatable bonds is 12. The lowest BCUT2D eigenvalue weighted by atomic mass is 9.42. The molecule has 0 unspecified atom stereocenters. The van der Waals surface area contributed by atoms with E-state index < -0.39 is 150 Å². The number of carbonyl (C=O) groups is 2. The van der Waals surface area contributed by atoms with E-state index >= 15 is 0 Å². The van der Waals surface area contributed by atoms with E-state index in [1.165, 1.54) is 20.8 Å². The third-order valence-electron chi connectivity index (χ3n) is 17.9. The smallest absolute Gasteiger partial charge is 0.302 e. The average Bonchev–Trinajstić information content (AvgIpc) is 3.50. The summed E-state index contributed by atoms with van der Waals surface area (Å²) in [6.07, 6.45) is -7.70. The third kappa shape index (κ3) is 8.86. The topological polar surface area (TPSA) is 257 Å². The second-order valence-corrected chi connectivity index (χ2v) is 21.6. The molecule has 24 atom stereocenters. The van der Waals surface area contributed by atoms with Gasteiger partial charge in [0.2, 0.25) is 0 Å². The van der Waals surface area contributed by atoms with Crippen molar-refractivity contribution in [2.75, 3.05) is 14.2 Å². The largest absolute Gasteiger partial charge is 0.459 e. The van der Waals surface area contributed by atoms with Crippen molar-refractivity contribution < 1.29 is 92.3 Å². The minimum atomic E-state index is -1.97. The molecule has 19 nitrogen and oxygen atoms in total. The minimum Gasteiger partial charge on any atom is -0.459 e. The summed E-state index contributed by atoms with van der Waals surface area (Å²) in [5.74, 6) is -1.58. The number of fused-ring (bicyclic) bond motifs is 5. The molecule has 8 rings (SSSR count). The van der Waals surface area contributed by atoms with Crippen LogP contribution >= 0.6 is 0 Å². The molecule has 19 heteroatoms. The molecule has 0 aromatic rings. The van der Waals surface area contributed by atoms with E-state index in [-0.39, 0.29) is 51.0 Å². The lowest BCUT2D eigenvalue weighted by molar-refractivity contribution is -0.346. The Morgan fingerprint density at radius 3 is 1.76 bits per heavy atom. The number of Topliss-reactive ketones (excluding diaryl/α,β-unsaturated/α-hetero) is 1. The van der Waals surface area contributed by atoms with E-state index in [4.69, 9.17) is 52.1 Å². The predicted molar refractivity (Wildman–Crippen MR) is 236 cm³/mol. The van der Waals surface area contributed by atoms with Crippen LogP contribution in [0.4, 0.5) is 0 Å². The molecule has 0 spiro atoms. The molecule has 7 fully saturated rings. The molecule has 8 aliphatic rings. The van der Waals surface area contributed by atoms with Gasteiger partial charge in [-0.3, -0.25) is 9.59 Å². The van der Waals surface area contributed by atoms with Gasteiger partial charge in [-0.1, -0.05) is 25.5 Å². The Morgan fingerprint density at radius 2 is 1.19 bits per heavy atom. The van der Waals surface area contributed by atoms with E-state index in [1.54, 1.807) is 35.0 Å². The maximum Gasteiger partial charge on any atom is 0.302 e. The molecule has 4 heterocycles. The van der Waals surface area contributed by atoms with Gasteiger partial charge in [0.25, 0.3) is 0 Å². The highest BCUT2D eigenvalue weighted by Gasteiger charge is 2.80. The van der Waals surface area contributed by atoms with Gasteiger partial charge in [-0.05, 0) is 85.0 Å². The lowest BCUT2D eigenvalue weighted by Gasteiger charge is -2.66. The van der Waals surface area contributed by atoms with Gasteiger partial charge in [0, 0.05) is 52.7 Å². The Morgan fingerprint density at radius 1 is 0.662 bits per heavy atom. The Kier molecular flexibility index (Phi) is 15.1. The molecule has 3 saturated carbocycles. The zero-order valence-electron chi connectivity index (χ0n) is 41.3. The van der Waals surface area contributed by atoms with Gasteiger partial charge in [-0.15, -0.1) is 0 Å². The van der Waals surface area contributed by atoms with Crippen molar-refractivity contribution in [3.05, 3.63) is 11.6 Å². The number of aliphatic hydroxyl groups excluding tert-OH is 3. The minimum absolute atomic E-state index is 0.0169. The van der Waals surface area contributed by atoms with Crippen molar-refractivity contribution in [3.8, 4) is 0 Å². The Hall–Kier alpha value is -1.76. The predicted octanol–water partition coefficient (Wildman–Crippen LogP) is 2.23. The lowest BCUT2D eigenvalue weighted by Crippen LogP contribution is -2.78. The van der Waals surface area contributed by atoms with Crippen molar-refractivity contribution in [2.45, 2.75) is 253 Å². The summed E-state index contributed by atoms with van der Waals surface area (Å²) < 4.78 is 67.8. The van der Waals surface area contributed by atoms with E-state index in [1.807, 2.05) is 13.0 Å². The van der Waals surface area contributed by atoms with Crippen LogP contribution in [0.2, 0.25) is 0 Å².